The van der Waals surface area contributed by atoms with Gasteiger partial charge in [0.2, 0.25) is 5.12 Å². The van der Waals surface area contributed by atoms with Gasteiger partial charge in [-0.3, -0.25) is 4.79 Å². The van der Waals surface area contributed by atoms with Gasteiger partial charge in [0.15, 0.2) is 0 Å². The predicted octanol–water partition coefficient (Wildman–Crippen LogP) is 4.20. The molecule has 0 N–H and O–H groups in total. The van der Waals surface area contributed by atoms with Crippen LogP contribution >= 0.6 is 27.7 Å². The Balaban J connectivity index is 1.67. The first-order valence-corrected chi connectivity index (χ1v) is 8.77. The van der Waals surface area contributed by atoms with Gasteiger partial charge in [-0.05, 0) is 46.5 Å². The number of ether oxygens (including phenoxy) is 1. The number of hydrogen-bond acceptors (Lipinski definition) is 5. The Morgan fingerprint density at radius 3 is 2.73 bits per heavy atom. The highest BCUT2D eigenvalue weighted by atomic mass is 79.9. The predicted molar refractivity (Wildman–Crippen MR) is 90.3 cm³/mol. The van der Waals surface area contributed by atoms with Crippen molar-refractivity contribution < 1.29 is 9.53 Å². The number of halogens is 1. The second-order valence-corrected chi connectivity index (χ2v) is 6.93. The summed E-state index contributed by atoms with van der Waals surface area (Å²) in [4.78, 5) is 21.1. The molecule has 1 aliphatic rings. The van der Waals surface area contributed by atoms with Crippen LogP contribution in [-0.2, 0) is 5.75 Å². The van der Waals surface area contributed by atoms with E-state index in [4.69, 9.17) is 4.74 Å². The van der Waals surface area contributed by atoms with Crippen molar-refractivity contribution in [2.45, 2.75) is 24.5 Å². The molecule has 0 aliphatic heterocycles. The Kier molecular flexibility index (Phi) is 4.78. The van der Waals surface area contributed by atoms with Crippen molar-refractivity contribution in [1.29, 1.82) is 0 Å². The summed E-state index contributed by atoms with van der Waals surface area (Å²) in [6, 6.07) is 7.71. The molecule has 1 aromatic carbocycles. The second-order valence-electron chi connectivity index (χ2n) is 5.12. The van der Waals surface area contributed by atoms with E-state index >= 15 is 0 Å². The third-order valence-electron chi connectivity index (χ3n) is 3.43. The molecule has 0 atom stereocenters. The quantitative estimate of drug-likeness (QED) is 0.780. The van der Waals surface area contributed by atoms with Crippen LogP contribution in [0.2, 0.25) is 0 Å². The van der Waals surface area contributed by atoms with E-state index in [-0.39, 0.29) is 5.12 Å². The van der Waals surface area contributed by atoms with Gasteiger partial charge in [0.05, 0.1) is 11.6 Å². The minimum Gasteiger partial charge on any atom is -0.497 e. The summed E-state index contributed by atoms with van der Waals surface area (Å²) >= 11 is 4.62. The van der Waals surface area contributed by atoms with Crippen LogP contribution in [0.1, 0.15) is 40.6 Å². The van der Waals surface area contributed by atoms with E-state index in [9.17, 15) is 4.79 Å². The molecule has 0 radical (unpaired) electrons. The van der Waals surface area contributed by atoms with E-state index < -0.39 is 0 Å². The monoisotopic (exact) mass is 378 g/mol. The van der Waals surface area contributed by atoms with Gasteiger partial charge in [0.1, 0.15) is 17.3 Å². The summed E-state index contributed by atoms with van der Waals surface area (Å²) < 4.78 is 5.78. The van der Waals surface area contributed by atoms with Crippen LogP contribution in [0.5, 0.6) is 5.75 Å². The van der Waals surface area contributed by atoms with Crippen LogP contribution in [0, 0.1) is 0 Å². The molecule has 1 aromatic heterocycles. The Hall–Kier alpha value is -1.40. The molecule has 2 aromatic rings. The largest absolute Gasteiger partial charge is 0.497 e. The van der Waals surface area contributed by atoms with Gasteiger partial charge in [0, 0.05) is 17.9 Å². The van der Waals surface area contributed by atoms with Gasteiger partial charge in [-0.15, -0.1) is 0 Å². The lowest BCUT2D eigenvalue weighted by Gasteiger charge is -2.05. The molecule has 1 heterocycles. The van der Waals surface area contributed by atoms with Crippen molar-refractivity contribution in [3.8, 4) is 5.75 Å². The maximum Gasteiger partial charge on any atom is 0.239 e. The van der Waals surface area contributed by atoms with Crippen LogP contribution in [0.25, 0.3) is 0 Å². The van der Waals surface area contributed by atoms with E-state index in [2.05, 4.69) is 25.9 Å². The summed E-state index contributed by atoms with van der Waals surface area (Å²) in [5.74, 6) is 2.65. The molecule has 0 bridgehead atoms. The van der Waals surface area contributed by atoms with Gasteiger partial charge in [-0.1, -0.05) is 23.9 Å². The fourth-order valence-electron chi connectivity index (χ4n) is 2.00. The third kappa shape index (κ3) is 3.67. The van der Waals surface area contributed by atoms with Crippen LogP contribution in [-0.4, -0.2) is 22.2 Å². The molecular weight excluding hydrogens is 364 g/mol. The van der Waals surface area contributed by atoms with E-state index in [1.807, 2.05) is 24.3 Å². The van der Waals surface area contributed by atoms with Gasteiger partial charge in [0.25, 0.3) is 0 Å². The molecule has 114 valence electrons. The molecule has 22 heavy (non-hydrogen) atoms. The third-order valence-corrected chi connectivity index (χ3v) is 4.94. The number of hydrogen-bond donors (Lipinski definition) is 0. The van der Waals surface area contributed by atoms with Crippen molar-refractivity contribution >= 4 is 32.8 Å². The lowest BCUT2D eigenvalue weighted by molar-refractivity contribution is 0.108. The lowest BCUT2D eigenvalue weighted by atomic mass is 10.2. The van der Waals surface area contributed by atoms with Gasteiger partial charge in [-0.2, -0.15) is 0 Å². The number of carbonyl (C=O) groups excluding carboxylic acids is 1. The molecule has 4 nitrogen and oxygen atoms in total. The average Bonchev–Trinajstić information content (AvgIpc) is 3.38. The Bertz CT molecular complexity index is 687. The lowest BCUT2D eigenvalue weighted by Crippen LogP contribution is -2.04. The summed E-state index contributed by atoms with van der Waals surface area (Å²) in [6.07, 6.45) is 3.92. The molecule has 0 unspecified atom stereocenters. The Morgan fingerprint density at radius 2 is 2.09 bits per heavy atom. The minimum absolute atomic E-state index is 0.0352. The molecule has 3 rings (SSSR count). The first-order valence-electron chi connectivity index (χ1n) is 7.00. The smallest absolute Gasteiger partial charge is 0.239 e. The Morgan fingerprint density at radius 1 is 1.36 bits per heavy atom. The number of benzene rings is 1. The van der Waals surface area contributed by atoms with E-state index in [1.54, 1.807) is 13.3 Å². The highest BCUT2D eigenvalue weighted by Crippen LogP contribution is 2.38. The number of thioether (sulfide) groups is 1. The summed E-state index contributed by atoms with van der Waals surface area (Å²) in [5.41, 5.74) is 1.54. The fraction of sp³-hybridized carbons (Fsp3) is 0.312. The second kappa shape index (κ2) is 6.79. The van der Waals surface area contributed by atoms with Gasteiger partial charge >= 0.3 is 0 Å². The van der Waals surface area contributed by atoms with Crippen LogP contribution in [0.3, 0.4) is 0 Å². The zero-order valence-corrected chi connectivity index (χ0v) is 14.5. The fourth-order valence-corrected chi connectivity index (χ4v) is 3.29. The van der Waals surface area contributed by atoms with Crippen LogP contribution in [0.15, 0.2) is 34.9 Å². The topological polar surface area (TPSA) is 52.1 Å². The first kappa shape index (κ1) is 15.5. The molecular formula is C16H15BrN2O2S. The number of aromatic nitrogens is 2. The minimum atomic E-state index is -0.0352. The van der Waals surface area contributed by atoms with Crippen molar-refractivity contribution in [2.24, 2.45) is 0 Å². The zero-order valence-electron chi connectivity index (χ0n) is 12.1. The van der Waals surface area contributed by atoms with Crippen LogP contribution in [0.4, 0.5) is 0 Å². The molecule has 1 aliphatic carbocycles. The van der Waals surface area contributed by atoms with E-state index in [0.717, 1.165) is 30.0 Å². The van der Waals surface area contributed by atoms with Crippen molar-refractivity contribution in [2.75, 3.05) is 7.11 Å². The van der Waals surface area contributed by atoms with Gasteiger partial charge < -0.3 is 4.74 Å². The normalized spacial score (nSPS) is 13.9. The molecule has 6 heteroatoms. The summed E-state index contributed by atoms with van der Waals surface area (Å²) in [5, 5.41) is -0.0352. The van der Waals surface area contributed by atoms with Gasteiger partial charge in [-0.25, -0.2) is 9.97 Å². The summed E-state index contributed by atoms with van der Waals surface area (Å²) in [7, 11) is 1.64. The number of rotatable bonds is 5. The van der Waals surface area contributed by atoms with Crippen molar-refractivity contribution in [1.82, 2.24) is 9.97 Å². The molecule has 0 amide bonds. The Labute approximate surface area is 141 Å². The first-order chi connectivity index (χ1) is 10.7. The molecule has 0 spiro atoms. The molecule has 0 saturated heterocycles. The zero-order chi connectivity index (χ0) is 15.5. The number of methoxy groups -OCH3 is 1. The molecule has 1 saturated carbocycles. The SMILES string of the molecule is COc1ccc(CSC(=O)c2nc(C3CC3)ncc2Br)cc1. The van der Waals surface area contributed by atoms with Crippen molar-refractivity contribution in [3.63, 3.8) is 0 Å². The standard InChI is InChI=1S/C16H15BrN2O2S/c1-21-12-6-2-10(3-7-12)9-22-16(20)14-13(17)8-18-15(19-14)11-4-5-11/h2-3,6-8,11H,4-5,9H2,1H3. The highest BCUT2D eigenvalue weighted by Gasteiger charge is 2.28. The maximum absolute atomic E-state index is 12.4. The van der Waals surface area contributed by atoms with Crippen molar-refractivity contribution in [3.05, 3.63) is 52.0 Å². The number of nitrogens with zero attached hydrogens (tertiary/aromatic N) is 2. The number of carbonyl (C=O) groups is 1. The average molecular weight is 379 g/mol. The highest BCUT2D eigenvalue weighted by molar-refractivity contribution is 9.10. The maximum atomic E-state index is 12.4. The van der Waals surface area contributed by atoms with Crippen LogP contribution < -0.4 is 4.74 Å². The van der Waals surface area contributed by atoms with E-state index in [1.165, 1.54) is 11.8 Å². The molecule has 1 fully saturated rings. The summed E-state index contributed by atoms with van der Waals surface area (Å²) in [6.45, 7) is 0. The van der Waals surface area contributed by atoms with E-state index in [0.29, 0.717) is 21.8 Å².